The third kappa shape index (κ3) is 6.95. The topological polar surface area (TPSA) is 71.7 Å². The molecule has 7 heteroatoms. The highest BCUT2D eigenvalue weighted by atomic mass is 127. The van der Waals surface area contributed by atoms with E-state index in [0.29, 0.717) is 6.54 Å². The molecule has 0 fully saturated rings. The lowest BCUT2D eigenvalue weighted by Crippen LogP contribution is -2.38. The molecule has 0 aliphatic heterocycles. The Morgan fingerprint density at radius 3 is 2.59 bits per heavy atom. The number of halogens is 1. The molecule has 1 heterocycles. The van der Waals surface area contributed by atoms with Crippen molar-refractivity contribution in [3.63, 3.8) is 0 Å². The molecule has 1 aromatic heterocycles. The normalized spacial score (nSPS) is 11.2. The Hall–Kier alpha value is -0.830. The van der Waals surface area contributed by atoms with E-state index in [1.54, 1.807) is 7.11 Å². The maximum atomic E-state index is 5.36. The molecule has 1 aromatic rings. The number of methoxy groups -OCH3 is 1. The maximum Gasteiger partial charge on any atom is 0.191 e. The minimum atomic E-state index is 0. The van der Waals surface area contributed by atoms with Crippen molar-refractivity contribution in [2.45, 2.75) is 46.6 Å². The minimum Gasteiger partial charge on any atom is -0.385 e. The zero-order valence-corrected chi connectivity index (χ0v) is 16.4. The van der Waals surface area contributed by atoms with Crippen LogP contribution in [0.25, 0.3) is 0 Å². The van der Waals surface area contributed by atoms with Gasteiger partial charge in [-0.2, -0.15) is 0 Å². The van der Waals surface area contributed by atoms with Gasteiger partial charge >= 0.3 is 0 Å². The Morgan fingerprint density at radius 2 is 2.00 bits per heavy atom. The molecule has 0 aliphatic carbocycles. The number of guanidine groups is 1. The summed E-state index contributed by atoms with van der Waals surface area (Å²) in [6, 6.07) is 0. The summed E-state index contributed by atoms with van der Waals surface area (Å²) in [7, 11) is 1.71. The van der Waals surface area contributed by atoms with Gasteiger partial charge in [0, 0.05) is 38.8 Å². The molecule has 6 nitrogen and oxygen atoms in total. The lowest BCUT2D eigenvalue weighted by Gasteiger charge is -2.11. The van der Waals surface area contributed by atoms with Crippen molar-refractivity contribution in [1.82, 2.24) is 15.8 Å². The van der Waals surface area contributed by atoms with E-state index in [-0.39, 0.29) is 24.0 Å². The number of aromatic nitrogens is 1. The van der Waals surface area contributed by atoms with Crippen LogP contribution in [-0.2, 0) is 24.1 Å². The summed E-state index contributed by atoms with van der Waals surface area (Å²) in [4.78, 5) is 4.62. The Morgan fingerprint density at radius 1 is 1.23 bits per heavy atom. The molecule has 0 spiro atoms. The van der Waals surface area contributed by atoms with Crippen molar-refractivity contribution in [3.8, 4) is 0 Å². The summed E-state index contributed by atoms with van der Waals surface area (Å²) in [5.41, 5.74) is 2.12. The Balaban J connectivity index is 0.00000441. The molecule has 0 aliphatic rings. The number of aryl methyl sites for hydroxylation is 2. The molecule has 0 radical (unpaired) electrons. The number of aliphatic imine (C=N–C) groups is 1. The number of nitrogens with zero attached hydrogens (tertiary/aromatic N) is 2. The quantitative estimate of drug-likeness (QED) is 0.276. The first-order valence-electron chi connectivity index (χ1n) is 7.74. The molecule has 0 aromatic carbocycles. The molecule has 0 saturated heterocycles. The average molecular weight is 424 g/mol. The Kier molecular flexibility index (Phi) is 12.2. The molecule has 1 rings (SSSR count). The summed E-state index contributed by atoms with van der Waals surface area (Å²) in [6.45, 7) is 9.22. The second-order valence-electron chi connectivity index (χ2n) is 4.71. The Bertz CT molecular complexity index is 414. The minimum absolute atomic E-state index is 0. The van der Waals surface area contributed by atoms with Crippen LogP contribution in [0.3, 0.4) is 0 Å². The predicted octanol–water partition coefficient (Wildman–Crippen LogP) is 2.51. The number of rotatable bonds is 9. The van der Waals surface area contributed by atoms with Gasteiger partial charge in [0.05, 0.1) is 12.2 Å². The van der Waals surface area contributed by atoms with Gasteiger partial charge in [-0.1, -0.05) is 19.0 Å². The van der Waals surface area contributed by atoms with E-state index in [2.05, 4.69) is 41.6 Å². The molecular weight excluding hydrogens is 395 g/mol. The Labute approximate surface area is 150 Å². The largest absolute Gasteiger partial charge is 0.385 e. The fourth-order valence-electron chi connectivity index (χ4n) is 2.04. The van der Waals surface area contributed by atoms with Gasteiger partial charge in [0.15, 0.2) is 5.96 Å². The van der Waals surface area contributed by atoms with Crippen molar-refractivity contribution < 1.29 is 9.26 Å². The maximum absolute atomic E-state index is 5.36. The van der Waals surface area contributed by atoms with Gasteiger partial charge in [-0.05, 0) is 19.8 Å². The second-order valence-corrected chi connectivity index (χ2v) is 4.71. The first kappa shape index (κ1) is 21.2. The lowest BCUT2D eigenvalue weighted by molar-refractivity contribution is 0.195. The van der Waals surface area contributed by atoms with Crippen molar-refractivity contribution in [2.24, 2.45) is 4.99 Å². The van der Waals surface area contributed by atoms with Gasteiger partial charge in [-0.3, -0.25) is 0 Å². The van der Waals surface area contributed by atoms with E-state index in [4.69, 9.17) is 9.26 Å². The van der Waals surface area contributed by atoms with Crippen molar-refractivity contribution in [3.05, 3.63) is 17.0 Å². The molecule has 0 amide bonds. The van der Waals surface area contributed by atoms with Crippen LogP contribution in [0.2, 0.25) is 0 Å². The van der Waals surface area contributed by atoms with E-state index in [0.717, 1.165) is 61.9 Å². The van der Waals surface area contributed by atoms with Gasteiger partial charge in [-0.25, -0.2) is 4.99 Å². The first-order valence-corrected chi connectivity index (χ1v) is 7.74. The fourth-order valence-corrected chi connectivity index (χ4v) is 2.04. The van der Waals surface area contributed by atoms with E-state index in [1.807, 2.05) is 0 Å². The highest BCUT2D eigenvalue weighted by Crippen LogP contribution is 2.16. The van der Waals surface area contributed by atoms with Crippen LogP contribution < -0.4 is 10.6 Å². The van der Waals surface area contributed by atoms with Gasteiger partial charge in [-0.15, -0.1) is 24.0 Å². The van der Waals surface area contributed by atoms with E-state index in [1.165, 1.54) is 0 Å². The van der Waals surface area contributed by atoms with Crippen LogP contribution in [0, 0.1) is 0 Å². The first-order chi connectivity index (χ1) is 10.3. The van der Waals surface area contributed by atoms with Crippen LogP contribution in [-0.4, -0.2) is 37.9 Å². The number of ether oxygens (including phenoxy) is 1. The van der Waals surface area contributed by atoms with Crippen LogP contribution in [0.5, 0.6) is 0 Å². The highest BCUT2D eigenvalue weighted by Gasteiger charge is 2.12. The van der Waals surface area contributed by atoms with Crippen molar-refractivity contribution in [1.29, 1.82) is 0 Å². The zero-order valence-electron chi connectivity index (χ0n) is 14.1. The highest BCUT2D eigenvalue weighted by molar-refractivity contribution is 14.0. The summed E-state index contributed by atoms with van der Waals surface area (Å²) < 4.78 is 10.4. The molecule has 22 heavy (non-hydrogen) atoms. The third-order valence-electron chi connectivity index (χ3n) is 3.16. The summed E-state index contributed by atoms with van der Waals surface area (Å²) in [5, 5.41) is 10.7. The van der Waals surface area contributed by atoms with Crippen molar-refractivity contribution >= 4 is 29.9 Å². The summed E-state index contributed by atoms with van der Waals surface area (Å²) >= 11 is 0. The molecule has 128 valence electrons. The molecular formula is C15H29IN4O2. The average Bonchev–Trinajstić information content (AvgIpc) is 2.91. The molecule has 0 bridgehead atoms. The van der Waals surface area contributed by atoms with Gasteiger partial charge in [0.25, 0.3) is 0 Å². The third-order valence-corrected chi connectivity index (χ3v) is 3.16. The number of hydrogen-bond acceptors (Lipinski definition) is 4. The lowest BCUT2D eigenvalue weighted by atomic mass is 10.1. The zero-order chi connectivity index (χ0) is 15.5. The standard InChI is InChI=1S/C15H28N4O2.HI/c1-5-13-12(14(6-2)21-19-13)11-18-15(16-7-3)17-9-8-10-20-4;/h5-11H2,1-4H3,(H2,16,17,18);1H. The van der Waals surface area contributed by atoms with E-state index in [9.17, 15) is 0 Å². The molecule has 0 atom stereocenters. The molecule has 0 saturated carbocycles. The summed E-state index contributed by atoms with van der Waals surface area (Å²) in [5.74, 6) is 1.75. The molecule has 0 unspecified atom stereocenters. The number of nitrogens with one attached hydrogen (secondary N) is 2. The van der Waals surface area contributed by atoms with Gasteiger partial charge in [0.1, 0.15) is 5.76 Å². The van der Waals surface area contributed by atoms with E-state index < -0.39 is 0 Å². The van der Waals surface area contributed by atoms with Gasteiger partial charge in [0.2, 0.25) is 0 Å². The monoisotopic (exact) mass is 424 g/mol. The van der Waals surface area contributed by atoms with E-state index >= 15 is 0 Å². The molecule has 2 N–H and O–H groups in total. The predicted molar refractivity (Wildman–Crippen MR) is 100.0 cm³/mol. The van der Waals surface area contributed by atoms with Crippen LogP contribution in [0.1, 0.15) is 44.2 Å². The second kappa shape index (κ2) is 12.7. The SMILES string of the molecule is CCNC(=NCc1c(CC)noc1CC)NCCCOC.I. The fraction of sp³-hybridized carbons (Fsp3) is 0.733. The van der Waals surface area contributed by atoms with Gasteiger partial charge < -0.3 is 19.9 Å². The van der Waals surface area contributed by atoms with Crippen molar-refractivity contribution in [2.75, 3.05) is 26.8 Å². The van der Waals surface area contributed by atoms with Crippen LogP contribution in [0.15, 0.2) is 9.52 Å². The summed E-state index contributed by atoms with van der Waals surface area (Å²) in [6.07, 6.45) is 2.66. The van der Waals surface area contributed by atoms with Crippen LogP contribution >= 0.6 is 24.0 Å². The van der Waals surface area contributed by atoms with Crippen LogP contribution in [0.4, 0.5) is 0 Å². The number of hydrogen-bond donors (Lipinski definition) is 2. The smallest absolute Gasteiger partial charge is 0.191 e.